The van der Waals surface area contributed by atoms with E-state index in [2.05, 4.69) is 13.5 Å². The van der Waals surface area contributed by atoms with Crippen LogP contribution in [-0.4, -0.2) is 60.6 Å². The lowest BCUT2D eigenvalue weighted by Crippen LogP contribution is -2.36. The zero-order valence-corrected chi connectivity index (χ0v) is 21.2. The van der Waals surface area contributed by atoms with Crippen LogP contribution >= 0.6 is 0 Å². The maximum absolute atomic E-state index is 12.7. The summed E-state index contributed by atoms with van der Waals surface area (Å²) in [4.78, 5) is 36.6. The lowest BCUT2D eigenvalue weighted by molar-refractivity contribution is -0.128. The molecule has 202 valence electrons. The molecule has 0 aromatic heterocycles. The number of carbonyl (C=O) groups is 3. The van der Waals surface area contributed by atoms with Gasteiger partial charge in [0.1, 0.15) is 18.0 Å². The molecule has 38 heavy (non-hydrogen) atoms. The van der Waals surface area contributed by atoms with Gasteiger partial charge in [0.25, 0.3) is 0 Å². The molecule has 2 aliphatic rings. The monoisotopic (exact) mass is 524 g/mol. The molecule has 2 aromatic carbocycles. The normalized spacial score (nSPS) is 22.8. The summed E-state index contributed by atoms with van der Waals surface area (Å²) in [5.74, 6) is -1.43. The van der Waals surface area contributed by atoms with Crippen molar-refractivity contribution >= 4 is 17.9 Å². The van der Waals surface area contributed by atoms with Crippen LogP contribution in [0.4, 0.5) is 0 Å². The van der Waals surface area contributed by atoms with Crippen LogP contribution in [-0.2, 0) is 23.7 Å². The van der Waals surface area contributed by atoms with Crippen LogP contribution < -0.4 is 4.74 Å². The Kier molecular flexibility index (Phi) is 9.28. The summed E-state index contributed by atoms with van der Waals surface area (Å²) in [5, 5.41) is 10.3. The molecule has 4 rings (SSSR count). The lowest BCUT2D eigenvalue weighted by Gasteiger charge is -2.17. The van der Waals surface area contributed by atoms with Gasteiger partial charge in [0.2, 0.25) is 0 Å². The van der Waals surface area contributed by atoms with Gasteiger partial charge >= 0.3 is 17.9 Å². The summed E-state index contributed by atoms with van der Waals surface area (Å²) in [7, 11) is 0. The van der Waals surface area contributed by atoms with E-state index in [0.717, 1.165) is 30.9 Å². The predicted octanol–water partition coefficient (Wildman–Crippen LogP) is 3.94. The molecule has 0 radical (unpaired) electrons. The van der Waals surface area contributed by atoms with Crippen molar-refractivity contribution in [3.05, 3.63) is 77.9 Å². The van der Waals surface area contributed by atoms with Crippen molar-refractivity contribution < 1.29 is 43.2 Å². The number of ether oxygens (including phenoxy) is 5. The molecule has 2 heterocycles. The molecule has 0 amide bonds. The molecule has 2 aromatic rings. The van der Waals surface area contributed by atoms with E-state index in [0.29, 0.717) is 12.0 Å². The number of carbonyl (C=O) groups excluding carboxylic acids is 3. The summed E-state index contributed by atoms with van der Waals surface area (Å²) < 4.78 is 27.8. The van der Waals surface area contributed by atoms with E-state index in [4.69, 9.17) is 23.7 Å². The molecule has 1 unspecified atom stereocenters. The fourth-order valence-electron chi connectivity index (χ4n) is 4.45. The lowest BCUT2D eigenvalue weighted by atomic mass is 10.0. The van der Waals surface area contributed by atoms with Crippen LogP contribution in [0.1, 0.15) is 65.0 Å². The summed E-state index contributed by atoms with van der Waals surface area (Å²) in [6, 6.07) is 12.7. The number of hydrogen-bond donors (Lipinski definition) is 1. The van der Waals surface area contributed by atoms with Crippen molar-refractivity contribution in [3.8, 4) is 5.75 Å². The number of aliphatic hydroxyl groups is 1. The highest BCUT2D eigenvalue weighted by molar-refractivity contribution is 5.90. The van der Waals surface area contributed by atoms with Gasteiger partial charge in [-0.1, -0.05) is 44.9 Å². The van der Waals surface area contributed by atoms with Gasteiger partial charge in [0.15, 0.2) is 12.2 Å². The Hall–Kier alpha value is -3.53. The van der Waals surface area contributed by atoms with Crippen LogP contribution in [0.25, 0.3) is 0 Å². The Bertz CT molecular complexity index is 1130. The first kappa shape index (κ1) is 27.5. The van der Waals surface area contributed by atoms with Crippen LogP contribution in [0, 0.1) is 0 Å². The second-order valence-corrected chi connectivity index (χ2v) is 9.27. The standard InChI is InChI=1S/C29H32O9/c1-3-5-6-7-22(30)18-8-10-19(11-9-18)28(32)37-23-16-34-27-24(17-35-26(23)27)38-29(33)20-12-14-21(15-13-20)36-25(31)4-2/h4,8-15,22-24,26-27,30H,2-3,5-7,16-17H2,1H3/t22?,23-,24-,26-,27-/m1/s1. The van der Waals surface area contributed by atoms with Crippen molar-refractivity contribution in [1.29, 1.82) is 0 Å². The number of fused-ring (bicyclic) bond motifs is 1. The van der Waals surface area contributed by atoms with Crippen LogP contribution in [0.15, 0.2) is 61.2 Å². The Labute approximate surface area is 221 Å². The van der Waals surface area contributed by atoms with Gasteiger partial charge in [0, 0.05) is 6.08 Å². The Morgan fingerprint density at radius 2 is 1.45 bits per heavy atom. The van der Waals surface area contributed by atoms with Gasteiger partial charge in [-0.25, -0.2) is 14.4 Å². The molecule has 2 fully saturated rings. The SMILES string of the molecule is C=CC(=O)Oc1ccc(C(=O)O[C@@H]2CO[C@H]3[C@@H]2OC[C@H]3OC(=O)c2ccc(C(O)CCCCC)cc2)cc1. The summed E-state index contributed by atoms with van der Waals surface area (Å²) in [5.41, 5.74) is 1.39. The fraction of sp³-hybridized carbons (Fsp3) is 0.414. The first-order valence-corrected chi connectivity index (χ1v) is 12.8. The van der Waals surface area contributed by atoms with Gasteiger partial charge in [-0.15, -0.1) is 0 Å². The van der Waals surface area contributed by atoms with Crippen LogP contribution in [0.3, 0.4) is 0 Å². The molecule has 5 atom stereocenters. The van der Waals surface area contributed by atoms with E-state index in [1.165, 1.54) is 24.3 Å². The van der Waals surface area contributed by atoms with Crippen molar-refractivity contribution in [1.82, 2.24) is 0 Å². The summed E-state index contributed by atoms with van der Waals surface area (Å²) in [6.45, 7) is 5.67. The van der Waals surface area contributed by atoms with E-state index in [1.807, 2.05) is 0 Å². The minimum Gasteiger partial charge on any atom is -0.453 e. The topological polar surface area (TPSA) is 118 Å². The van der Waals surface area contributed by atoms with Gasteiger partial charge < -0.3 is 28.8 Å². The predicted molar refractivity (Wildman–Crippen MR) is 136 cm³/mol. The minimum atomic E-state index is -0.664. The van der Waals surface area contributed by atoms with Gasteiger partial charge in [-0.3, -0.25) is 0 Å². The molecule has 1 N–H and O–H groups in total. The number of benzene rings is 2. The maximum atomic E-state index is 12.7. The third kappa shape index (κ3) is 6.66. The van der Waals surface area contributed by atoms with E-state index in [9.17, 15) is 19.5 Å². The second-order valence-electron chi connectivity index (χ2n) is 9.27. The second kappa shape index (κ2) is 12.8. The third-order valence-corrected chi connectivity index (χ3v) is 6.57. The fourth-order valence-corrected chi connectivity index (χ4v) is 4.45. The molecule has 0 spiro atoms. The molecule has 0 saturated carbocycles. The molecule has 9 heteroatoms. The zero-order chi connectivity index (χ0) is 27.1. The first-order chi connectivity index (χ1) is 18.4. The molecule has 9 nitrogen and oxygen atoms in total. The molecule has 2 saturated heterocycles. The van der Waals surface area contributed by atoms with Gasteiger partial charge in [-0.05, 0) is 48.4 Å². The van der Waals surface area contributed by atoms with Crippen molar-refractivity contribution in [2.24, 2.45) is 0 Å². The van der Waals surface area contributed by atoms with E-state index in [-0.39, 0.29) is 24.5 Å². The third-order valence-electron chi connectivity index (χ3n) is 6.57. The molecule has 2 aliphatic heterocycles. The number of aliphatic hydroxyl groups excluding tert-OH is 1. The molecule has 0 bridgehead atoms. The van der Waals surface area contributed by atoms with E-state index < -0.39 is 48.4 Å². The van der Waals surface area contributed by atoms with Crippen molar-refractivity contribution in [3.63, 3.8) is 0 Å². The Morgan fingerprint density at radius 1 is 0.921 bits per heavy atom. The number of hydrogen-bond acceptors (Lipinski definition) is 9. The van der Waals surface area contributed by atoms with Crippen molar-refractivity contribution in [2.75, 3.05) is 13.2 Å². The van der Waals surface area contributed by atoms with E-state index >= 15 is 0 Å². The van der Waals surface area contributed by atoms with Gasteiger partial charge in [0.05, 0.1) is 30.4 Å². The Morgan fingerprint density at radius 3 is 1.95 bits per heavy atom. The first-order valence-electron chi connectivity index (χ1n) is 12.8. The number of unbranched alkanes of at least 4 members (excludes halogenated alkanes) is 2. The van der Waals surface area contributed by atoms with Gasteiger partial charge in [-0.2, -0.15) is 0 Å². The highest BCUT2D eigenvalue weighted by atomic mass is 16.7. The number of rotatable bonds is 11. The van der Waals surface area contributed by atoms with Crippen LogP contribution in [0.2, 0.25) is 0 Å². The molecular weight excluding hydrogens is 492 g/mol. The zero-order valence-electron chi connectivity index (χ0n) is 21.2. The molecular formula is C29H32O9. The number of esters is 3. The largest absolute Gasteiger partial charge is 0.453 e. The Balaban J connectivity index is 1.28. The smallest absolute Gasteiger partial charge is 0.338 e. The maximum Gasteiger partial charge on any atom is 0.338 e. The molecule has 0 aliphatic carbocycles. The minimum absolute atomic E-state index is 0.106. The average molecular weight is 525 g/mol. The highest BCUT2D eigenvalue weighted by Crippen LogP contribution is 2.32. The average Bonchev–Trinajstić information content (AvgIpc) is 3.52. The summed E-state index contributed by atoms with van der Waals surface area (Å²) >= 11 is 0. The summed E-state index contributed by atoms with van der Waals surface area (Å²) in [6.07, 6.45) is 1.83. The quantitative estimate of drug-likeness (QED) is 0.202. The highest BCUT2D eigenvalue weighted by Gasteiger charge is 2.51. The van der Waals surface area contributed by atoms with Crippen LogP contribution in [0.5, 0.6) is 5.75 Å². The van der Waals surface area contributed by atoms with Crippen molar-refractivity contribution in [2.45, 2.75) is 63.1 Å². The van der Waals surface area contributed by atoms with E-state index in [1.54, 1.807) is 24.3 Å².